The molecule has 2 saturated heterocycles. The maximum atomic E-state index is 13.5. The summed E-state index contributed by atoms with van der Waals surface area (Å²) >= 11 is 6.98. The number of pyridine rings is 1. The second-order valence-corrected chi connectivity index (χ2v) is 12.9. The molecule has 0 spiro atoms. The number of thiocarbonyl (C=S) groups is 1. The van der Waals surface area contributed by atoms with E-state index in [2.05, 4.69) is 24.8 Å². The molecule has 220 valence electrons. The molecule has 3 rings (SSSR count). The highest BCUT2D eigenvalue weighted by atomic mass is 32.2. The topological polar surface area (TPSA) is 69.3 Å². The molecule has 2 fully saturated rings. The van der Waals surface area contributed by atoms with Crippen molar-refractivity contribution in [3.8, 4) is 6.07 Å². The first-order valence-electron chi connectivity index (χ1n) is 15.6. The Hall–Kier alpha value is -2.11. The van der Waals surface area contributed by atoms with Gasteiger partial charge in [0.1, 0.15) is 21.8 Å². The van der Waals surface area contributed by atoms with E-state index in [1.165, 1.54) is 69.5 Å². The molecule has 3 heterocycles. The number of carbonyl (C=O) groups is 1. The number of amides is 1. The zero-order valence-corrected chi connectivity index (χ0v) is 26.6. The molecule has 0 unspecified atom stereocenters. The Morgan fingerprint density at radius 3 is 2.08 bits per heavy atom. The van der Waals surface area contributed by atoms with E-state index in [1.807, 2.05) is 13.0 Å². The Labute approximate surface area is 251 Å². The van der Waals surface area contributed by atoms with Gasteiger partial charge in [-0.05, 0) is 50.7 Å². The van der Waals surface area contributed by atoms with Gasteiger partial charge in [-0.15, -0.1) is 0 Å². The lowest BCUT2D eigenvalue weighted by Crippen LogP contribution is -2.37. The highest BCUT2D eigenvalue weighted by molar-refractivity contribution is 8.26. The van der Waals surface area contributed by atoms with Crippen molar-refractivity contribution in [1.29, 1.82) is 5.26 Å². The Morgan fingerprint density at radius 1 is 0.875 bits per heavy atom. The fraction of sp³-hybridized carbons (Fsp3) is 0.688. The van der Waals surface area contributed by atoms with Gasteiger partial charge in [-0.1, -0.05) is 102 Å². The summed E-state index contributed by atoms with van der Waals surface area (Å²) in [5.74, 6) is 0.800. The Morgan fingerprint density at radius 2 is 1.48 bits per heavy atom. The first kappa shape index (κ1) is 32.4. The van der Waals surface area contributed by atoms with Gasteiger partial charge in [0.2, 0.25) is 0 Å². The lowest BCUT2D eigenvalue weighted by atomic mass is 10.0. The summed E-state index contributed by atoms with van der Waals surface area (Å²) < 4.78 is 2.39. The summed E-state index contributed by atoms with van der Waals surface area (Å²) in [7, 11) is 0. The molecule has 0 radical (unpaired) electrons. The van der Waals surface area contributed by atoms with Gasteiger partial charge in [-0.2, -0.15) is 5.26 Å². The minimum Gasteiger partial charge on any atom is -0.357 e. The number of hydrogen-bond acceptors (Lipinski definition) is 6. The van der Waals surface area contributed by atoms with Crippen LogP contribution >= 0.6 is 24.0 Å². The molecule has 0 saturated carbocycles. The molecule has 6 nitrogen and oxygen atoms in total. The minimum atomic E-state index is -0.223. The van der Waals surface area contributed by atoms with Crippen LogP contribution in [0.25, 0.3) is 6.08 Å². The highest BCUT2D eigenvalue weighted by Crippen LogP contribution is 2.36. The van der Waals surface area contributed by atoms with E-state index in [-0.39, 0.29) is 17.0 Å². The van der Waals surface area contributed by atoms with Crippen LogP contribution < -0.4 is 10.5 Å². The Balaban J connectivity index is 1.76. The number of thioether (sulfide) groups is 1. The summed E-state index contributed by atoms with van der Waals surface area (Å²) in [5.41, 5.74) is 1.41. The van der Waals surface area contributed by atoms with E-state index in [9.17, 15) is 14.9 Å². The minimum absolute atomic E-state index is 0.0558. The normalized spacial score (nSPS) is 16.8. The lowest BCUT2D eigenvalue weighted by Gasteiger charge is -2.33. The standard InChI is InChI=1S/C32H48N4O2S2/c1-4-6-8-9-10-11-12-13-14-18-22-36-31(38)28(40-32(36)39)23-26-25(3)27(24-33)30(37)35(21-7-5-2)29(26)34-19-16-15-17-20-34/h23H,4-22H2,1-3H3. The second kappa shape index (κ2) is 17.0. The summed E-state index contributed by atoms with van der Waals surface area (Å²) in [4.78, 5) is 31.5. The van der Waals surface area contributed by atoms with Crippen LogP contribution in [0.2, 0.25) is 0 Å². The lowest BCUT2D eigenvalue weighted by molar-refractivity contribution is -0.122. The quantitative estimate of drug-likeness (QED) is 0.112. The average Bonchev–Trinajstić information content (AvgIpc) is 3.22. The van der Waals surface area contributed by atoms with E-state index in [4.69, 9.17) is 12.2 Å². The fourth-order valence-electron chi connectivity index (χ4n) is 5.70. The van der Waals surface area contributed by atoms with Crippen molar-refractivity contribution < 1.29 is 4.79 Å². The molecule has 0 aromatic carbocycles. The molecular formula is C32H48N4O2S2. The molecule has 1 aromatic rings. The van der Waals surface area contributed by atoms with E-state index in [0.29, 0.717) is 27.9 Å². The number of anilines is 1. The van der Waals surface area contributed by atoms with Crippen LogP contribution in [-0.4, -0.2) is 39.3 Å². The predicted octanol–water partition coefficient (Wildman–Crippen LogP) is 7.94. The zero-order chi connectivity index (χ0) is 28.9. The van der Waals surface area contributed by atoms with Gasteiger partial charge in [0.05, 0.1) is 4.91 Å². The fourth-order valence-corrected chi connectivity index (χ4v) is 6.99. The smallest absolute Gasteiger partial charge is 0.270 e. The highest BCUT2D eigenvalue weighted by Gasteiger charge is 2.33. The summed E-state index contributed by atoms with van der Waals surface area (Å²) in [5, 5.41) is 9.90. The SMILES string of the molecule is CCCCCCCCCCCCN1C(=O)C(=Cc2c(C)c(C#N)c(=O)n(CCCC)c2N2CCCCC2)SC1=S. The third-order valence-corrected chi connectivity index (χ3v) is 9.50. The first-order chi connectivity index (χ1) is 19.4. The van der Waals surface area contributed by atoms with Crippen molar-refractivity contribution in [2.45, 2.75) is 124 Å². The van der Waals surface area contributed by atoms with Crippen LogP contribution in [0.5, 0.6) is 0 Å². The number of nitriles is 1. The molecule has 0 bridgehead atoms. The van der Waals surface area contributed by atoms with Gasteiger partial charge < -0.3 is 4.90 Å². The molecule has 8 heteroatoms. The number of aromatic nitrogens is 1. The van der Waals surface area contributed by atoms with Crippen molar-refractivity contribution in [2.75, 3.05) is 24.5 Å². The van der Waals surface area contributed by atoms with Crippen LogP contribution in [0.1, 0.15) is 127 Å². The third kappa shape index (κ3) is 8.45. The average molecular weight is 585 g/mol. The molecule has 2 aliphatic rings. The molecule has 0 N–H and O–H groups in total. The molecular weight excluding hydrogens is 537 g/mol. The number of rotatable bonds is 16. The predicted molar refractivity (Wildman–Crippen MR) is 173 cm³/mol. The number of piperidine rings is 1. The van der Waals surface area contributed by atoms with Gasteiger partial charge in [-0.3, -0.25) is 19.1 Å². The zero-order valence-electron chi connectivity index (χ0n) is 24.9. The number of carbonyl (C=O) groups excluding carboxylic acids is 1. The molecule has 2 aliphatic heterocycles. The van der Waals surface area contributed by atoms with E-state index >= 15 is 0 Å². The van der Waals surface area contributed by atoms with Gasteiger partial charge in [-0.25, -0.2) is 0 Å². The van der Waals surface area contributed by atoms with Crippen molar-refractivity contribution in [3.63, 3.8) is 0 Å². The van der Waals surface area contributed by atoms with Crippen LogP contribution in [0.3, 0.4) is 0 Å². The molecule has 40 heavy (non-hydrogen) atoms. The molecule has 0 aliphatic carbocycles. The van der Waals surface area contributed by atoms with Crippen molar-refractivity contribution in [2.24, 2.45) is 0 Å². The number of hydrogen-bond donors (Lipinski definition) is 0. The summed E-state index contributed by atoms with van der Waals surface area (Å²) in [6.07, 6.45) is 19.5. The van der Waals surface area contributed by atoms with Crippen LogP contribution in [0.15, 0.2) is 9.70 Å². The first-order valence-corrected chi connectivity index (χ1v) is 16.8. The van der Waals surface area contributed by atoms with E-state index < -0.39 is 0 Å². The van der Waals surface area contributed by atoms with Crippen molar-refractivity contribution in [1.82, 2.24) is 9.47 Å². The number of nitrogens with zero attached hydrogens (tertiary/aromatic N) is 4. The molecule has 1 amide bonds. The molecule has 1 aromatic heterocycles. The second-order valence-electron chi connectivity index (χ2n) is 11.2. The van der Waals surface area contributed by atoms with Crippen LogP contribution in [0.4, 0.5) is 5.82 Å². The monoisotopic (exact) mass is 584 g/mol. The maximum absolute atomic E-state index is 13.5. The van der Waals surface area contributed by atoms with Crippen molar-refractivity contribution >= 4 is 46.1 Å². The summed E-state index contributed by atoms with van der Waals surface area (Å²) in [6, 6.07) is 2.16. The maximum Gasteiger partial charge on any atom is 0.270 e. The third-order valence-electron chi connectivity index (χ3n) is 8.12. The molecule has 0 atom stereocenters. The van der Waals surface area contributed by atoms with Gasteiger partial charge in [0, 0.05) is 31.7 Å². The number of unbranched alkanes of at least 4 members (excludes halogenated alkanes) is 10. The van der Waals surface area contributed by atoms with Gasteiger partial charge in [0.15, 0.2) is 0 Å². The van der Waals surface area contributed by atoms with Gasteiger partial charge >= 0.3 is 0 Å². The largest absolute Gasteiger partial charge is 0.357 e. The Kier molecular flexibility index (Phi) is 13.8. The van der Waals surface area contributed by atoms with Crippen molar-refractivity contribution in [3.05, 3.63) is 31.9 Å². The Bertz CT molecular complexity index is 1150. The summed E-state index contributed by atoms with van der Waals surface area (Å²) in [6.45, 7) is 9.16. The van der Waals surface area contributed by atoms with Gasteiger partial charge in [0.25, 0.3) is 11.5 Å². The van der Waals surface area contributed by atoms with Crippen LogP contribution in [0, 0.1) is 18.3 Å². The van der Waals surface area contributed by atoms with E-state index in [0.717, 1.165) is 63.0 Å². The van der Waals surface area contributed by atoms with E-state index in [1.54, 1.807) is 9.47 Å². The van der Waals surface area contributed by atoms with Crippen LogP contribution in [-0.2, 0) is 11.3 Å².